The average Bonchev–Trinajstić information content (AvgIpc) is 2.43. The number of hydrogen-bond acceptors (Lipinski definition) is 3. The van der Waals surface area contributed by atoms with E-state index in [1.807, 2.05) is 24.3 Å². The van der Waals surface area contributed by atoms with Crippen LogP contribution in [0.1, 0.15) is 18.1 Å². The Morgan fingerprint density at radius 3 is 2.89 bits per heavy atom. The number of carbonyl (C=O) groups is 1. The summed E-state index contributed by atoms with van der Waals surface area (Å²) in [4.78, 5) is 13.5. The van der Waals surface area contributed by atoms with E-state index in [0.717, 1.165) is 11.1 Å². The molecule has 0 aliphatic rings. The van der Waals surface area contributed by atoms with Gasteiger partial charge in [0.05, 0.1) is 6.54 Å². The molecule has 1 aromatic rings. The first-order valence-corrected chi connectivity index (χ1v) is 6.14. The van der Waals surface area contributed by atoms with E-state index in [9.17, 15) is 4.79 Å². The molecule has 0 saturated heterocycles. The first-order valence-electron chi connectivity index (χ1n) is 6.14. The Morgan fingerprint density at radius 1 is 1.53 bits per heavy atom. The average molecular weight is 260 g/mol. The van der Waals surface area contributed by atoms with Crippen LogP contribution in [0, 0.1) is 11.8 Å². The van der Waals surface area contributed by atoms with E-state index in [2.05, 4.69) is 11.8 Å². The van der Waals surface area contributed by atoms with E-state index in [0.29, 0.717) is 13.1 Å². The van der Waals surface area contributed by atoms with Gasteiger partial charge >= 0.3 is 0 Å². The number of nitrogens with two attached hydrogens (primary N) is 1. The van der Waals surface area contributed by atoms with Crippen LogP contribution < -0.4 is 5.73 Å². The van der Waals surface area contributed by atoms with Crippen LogP contribution >= 0.6 is 0 Å². The largest absolute Gasteiger partial charge is 0.372 e. The lowest BCUT2D eigenvalue weighted by atomic mass is 10.1. The number of nitrogens with zero attached hydrogens (tertiary/aromatic N) is 1. The van der Waals surface area contributed by atoms with Crippen molar-refractivity contribution >= 4 is 5.91 Å². The molecule has 2 N–H and O–H groups in total. The maximum absolute atomic E-state index is 11.9. The number of rotatable bonds is 4. The van der Waals surface area contributed by atoms with Gasteiger partial charge in [0, 0.05) is 26.3 Å². The second-order valence-electron chi connectivity index (χ2n) is 4.28. The summed E-state index contributed by atoms with van der Waals surface area (Å²) in [5, 5.41) is 0. The van der Waals surface area contributed by atoms with Gasteiger partial charge in [-0.05, 0) is 24.6 Å². The summed E-state index contributed by atoms with van der Waals surface area (Å²) in [5.41, 5.74) is 7.28. The van der Waals surface area contributed by atoms with E-state index in [4.69, 9.17) is 10.5 Å². The zero-order chi connectivity index (χ0) is 14.3. The molecule has 0 fully saturated rings. The zero-order valence-corrected chi connectivity index (χ0v) is 11.6. The van der Waals surface area contributed by atoms with Crippen LogP contribution in [0.3, 0.4) is 0 Å². The molecule has 0 bridgehead atoms. The van der Waals surface area contributed by atoms with Crippen molar-refractivity contribution in [1.82, 2.24) is 4.90 Å². The molecule has 1 rings (SSSR count). The number of ether oxygens (including phenoxy) is 1. The Labute approximate surface area is 114 Å². The number of carbonyl (C=O) groups excluding carboxylic acids is 1. The van der Waals surface area contributed by atoms with Gasteiger partial charge in [-0.1, -0.05) is 24.0 Å². The number of benzene rings is 1. The summed E-state index contributed by atoms with van der Waals surface area (Å²) < 4.78 is 5.02. The molecule has 1 unspecified atom stereocenters. The van der Waals surface area contributed by atoms with E-state index in [-0.39, 0.29) is 5.91 Å². The van der Waals surface area contributed by atoms with Crippen molar-refractivity contribution in [3.05, 3.63) is 35.4 Å². The lowest BCUT2D eigenvalue weighted by Crippen LogP contribution is -2.35. The van der Waals surface area contributed by atoms with Crippen LogP contribution in [0.5, 0.6) is 0 Å². The van der Waals surface area contributed by atoms with E-state index in [1.54, 1.807) is 18.9 Å². The maximum atomic E-state index is 11.9. The molecule has 0 heterocycles. The minimum absolute atomic E-state index is 0.0408. The Bertz CT molecular complexity index is 488. The molecule has 4 heteroatoms. The normalized spacial score (nSPS) is 11.4. The number of amides is 1. The molecule has 1 amide bonds. The molecule has 102 valence electrons. The lowest BCUT2D eigenvalue weighted by molar-refractivity contribution is -0.140. The predicted molar refractivity (Wildman–Crippen MR) is 75.3 cm³/mol. The number of likely N-dealkylation sites (N-methyl/N-ethyl adjacent to an activating group) is 1. The highest BCUT2D eigenvalue weighted by Crippen LogP contribution is 2.08. The second-order valence-corrected chi connectivity index (χ2v) is 4.28. The number of methoxy groups -OCH3 is 1. The monoisotopic (exact) mass is 260 g/mol. The molecule has 0 radical (unpaired) electrons. The molecule has 0 spiro atoms. The Morgan fingerprint density at radius 2 is 2.26 bits per heavy atom. The minimum Gasteiger partial charge on any atom is -0.372 e. The summed E-state index contributed by atoms with van der Waals surface area (Å²) in [6.07, 6.45) is -0.426. The van der Waals surface area contributed by atoms with Crippen LogP contribution in [0.15, 0.2) is 24.3 Å². The highest BCUT2D eigenvalue weighted by atomic mass is 16.5. The van der Waals surface area contributed by atoms with Crippen molar-refractivity contribution in [3.8, 4) is 11.8 Å². The summed E-state index contributed by atoms with van der Waals surface area (Å²) in [6, 6.07) is 7.78. The van der Waals surface area contributed by atoms with Gasteiger partial charge < -0.3 is 15.4 Å². The van der Waals surface area contributed by atoms with Crippen molar-refractivity contribution in [1.29, 1.82) is 0 Å². The van der Waals surface area contributed by atoms with E-state index < -0.39 is 6.10 Å². The van der Waals surface area contributed by atoms with Gasteiger partial charge in [-0.15, -0.1) is 0 Å². The SMILES string of the molecule is COC(C)C(=O)N(C)Cc1cccc(C#CCN)c1. The number of hydrogen-bond donors (Lipinski definition) is 1. The molecular formula is C15H20N2O2. The predicted octanol–water partition coefficient (Wildman–Crippen LogP) is 0.990. The highest BCUT2D eigenvalue weighted by Gasteiger charge is 2.16. The minimum atomic E-state index is -0.426. The fraction of sp³-hybridized carbons (Fsp3) is 0.400. The maximum Gasteiger partial charge on any atom is 0.251 e. The smallest absolute Gasteiger partial charge is 0.251 e. The van der Waals surface area contributed by atoms with Crippen molar-refractivity contribution in [2.24, 2.45) is 5.73 Å². The van der Waals surface area contributed by atoms with E-state index >= 15 is 0 Å². The topological polar surface area (TPSA) is 55.6 Å². The van der Waals surface area contributed by atoms with Crippen LogP contribution in [-0.4, -0.2) is 37.6 Å². The third-order valence-electron chi connectivity index (χ3n) is 2.76. The molecule has 1 aromatic carbocycles. The first-order chi connectivity index (χ1) is 9.08. The van der Waals surface area contributed by atoms with Crippen LogP contribution in [-0.2, 0) is 16.1 Å². The van der Waals surface area contributed by atoms with Gasteiger partial charge in [-0.2, -0.15) is 0 Å². The van der Waals surface area contributed by atoms with Crippen LogP contribution in [0.4, 0.5) is 0 Å². The van der Waals surface area contributed by atoms with Gasteiger partial charge in [0.1, 0.15) is 6.10 Å². The molecule has 4 nitrogen and oxygen atoms in total. The molecule has 0 saturated carbocycles. The van der Waals surface area contributed by atoms with Crippen LogP contribution in [0.2, 0.25) is 0 Å². The fourth-order valence-corrected chi connectivity index (χ4v) is 1.66. The van der Waals surface area contributed by atoms with Crippen molar-refractivity contribution < 1.29 is 9.53 Å². The van der Waals surface area contributed by atoms with E-state index in [1.165, 1.54) is 7.11 Å². The van der Waals surface area contributed by atoms with Crippen LogP contribution in [0.25, 0.3) is 0 Å². The van der Waals surface area contributed by atoms with Crippen molar-refractivity contribution in [2.45, 2.75) is 19.6 Å². The van der Waals surface area contributed by atoms with Gasteiger partial charge in [0.15, 0.2) is 0 Å². The third-order valence-corrected chi connectivity index (χ3v) is 2.76. The molecule has 19 heavy (non-hydrogen) atoms. The summed E-state index contributed by atoms with van der Waals surface area (Å²) in [5.74, 6) is 5.75. The second kappa shape index (κ2) is 7.57. The van der Waals surface area contributed by atoms with Crippen molar-refractivity contribution in [3.63, 3.8) is 0 Å². The van der Waals surface area contributed by atoms with Gasteiger partial charge in [0.2, 0.25) is 0 Å². The first kappa shape index (κ1) is 15.2. The molecule has 1 atom stereocenters. The fourth-order valence-electron chi connectivity index (χ4n) is 1.66. The molecule has 0 aliphatic carbocycles. The summed E-state index contributed by atoms with van der Waals surface area (Å²) in [7, 11) is 3.29. The lowest BCUT2D eigenvalue weighted by Gasteiger charge is -2.20. The standard InChI is InChI=1S/C15H20N2O2/c1-12(19-3)15(18)17(2)11-14-7-4-6-13(10-14)8-5-9-16/h4,6-7,10,12H,9,11,16H2,1-3H3. The van der Waals surface area contributed by atoms with Gasteiger partial charge in [0.25, 0.3) is 5.91 Å². The van der Waals surface area contributed by atoms with Gasteiger partial charge in [-0.3, -0.25) is 4.79 Å². The summed E-state index contributed by atoms with van der Waals surface area (Å²) in [6.45, 7) is 2.61. The van der Waals surface area contributed by atoms with Crippen molar-refractivity contribution in [2.75, 3.05) is 20.7 Å². The Hall–Kier alpha value is -1.83. The molecule has 0 aliphatic heterocycles. The summed E-state index contributed by atoms with van der Waals surface area (Å²) >= 11 is 0. The Balaban J connectivity index is 2.74. The zero-order valence-electron chi connectivity index (χ0n) is 11.6. The highest BCUT2D eigenvalue weighted by molar-refractivity contribution is 5.80. The van der Waals surface area contributed by atoms with Gasteiger partial charge in [-0.25, -0.2) is 0 Å². The Kier molecular flexibility index (Phi) is 6.07. The molecule has 0 aromatic heterocycles. The quantitative estimate of drug-likeness (QED) is 0.821. The molecular weight excluding hydrogens is 240 g/mol. The third kappa shape index (κ3) is 4.74.